The van der Waals surface area contributed by atoms with E-state index in [1.807, 2.05) is 0 Å². The quantitative estimate of drug-likeness (QED) is 0.699. The van der Waals surface area contributed by atoms with Gasteiger partial charge < -0.3 is 9.64 Å². The topological polar surface area (TPSA) is 32.8 Å². The lowest BCUT2D eigenvalue weighted by Crippen LogP contribution is -2.49. The van der Waals surface area contributed by atoms with E-state index in [0.29, 0.717) is 0 Å². The number of hydrogen-bond donors (Lipinski definition) is 0. The number of hydrogen-bond acceptors (Lipinski definition) is 4. The molecule has 160 valence electrons. The molecule has 2 aliphatic carbocycles. The fraction of sp³-hybridized carbons (Fsp3) is 0.577. The Hall–Kier alpha value is -2.07. The first-order valence-electron chi connectivity index (χ1n) is 11.6. The Labute approximate surface area is 180 Å². The van der Waals surface area contributed by atoms with Gasteiger partial charge >= 0.3 is 5.97 Å². The van der Waals surface area contributed by atoms with E-state index < -0.39 is 0 Å². The molecule has 2 heterocycles. The lowest BCUT2D eigenvalue weighted by atomic mass is 9.62. The summed E-state index contributed by atoms with van der Waals surface area (Å²) >= 11 is 0. The van der Waals surface area contributed by atoms with Gasteiger partial charge in [-0.15, -0.1) is 0 Å². The summed E-state index contributed by atoms with van der Waals surface area (Å²) in [6.45, 7) is 11.6. The van der Waals surface area contributed by atoms with Gasteiger partial charge in [-0.3, -0.25) is 9.69 Å². The minimum Gasteiger partial charge on any atom is -0.461 e. The van der Waals surface area contributed by atoms with Crippen LogP contribution in [0.5, 0.6) is 0 Å². The van der Waals surface area contributed by atoms with Crippen LogP contribution in [-0.2, 0) is 9.53 Å². The van der Waals surface area contributed by atoms with Gasteiger partial charge in [0.2, 0.25) is 0 Å². The highest BCUT2D eigenvalue weighted by Crippen LogP contribution is 2.52. The number of fused-ring (bicyclic) bond motifs is 2. The van der Waals surface area contributed by atoms with Crippen LogP contribution in [0.4, 0.5) is 5.69 Å². The van der Waals surface area contributed by atoms with Crippen LogP contribution >= 0.6 is 0 Å². The van der Waals surface area contributed by atoms with E-state index >= 15 is 0 Å². The van der Waals surface area contributed by atoms with Crippen molar-refractivity contribution in [3.63, 3.8) is 0 Å². The molecule has 0 radical (unpaired) electrons. The van der Waals surface area contributed by atoms with E-state index in [2.05, 4.69) is 67.0 Å². The molecule has 0 N–H and O–H groups in total. The monoisotopic (exact) mass is 406 g/mol. The van der Waals surface area contributed by atoms with Gasteiger partial charge in [-0.2, -0.15) is 0 Å². The van der Waals surface area contributed by atoms with Crippen molar-refractivity contribution in [1.29, 1.82) is 0 Å². The van der Waals surface area contributed by atoms with Crippen LogP contribution in [0.15, 0.2) is 47.6 Å². The number of piperazine rings is 1. The van der Waals surface area contributed by atoms with Crippen molar-refractivity contribution >= 4 is 11.7 Å². The van der Waals surface area contributed by atoms with Crippen LogP contribution in [0.2, 0.25) is 0 Å². The number of aryl methyl sites for hydroxylation is 1. The van der Waals surface area contributed by atoms with Gasteiger partial charge in [0, 0.05) is 44.3 Å². The number of carbonyl (C=O) groups is 1. The summed E-state index contributed by atoms with van der Waals surface area (Å²) in [5, 5.41) is 0. The van der Waals surface area contributed by atoms with Crippen molar-refractivity contribution in [3.8, 4) is 0 Å². The average molecular weight is 407 g/mol. The van der Waals surface area contributed by atoms with Crippen molar-refractivity contribution < 1.29 is 9.53 Å². The first kappa shape index (κ1) is 19.9. The molecule has 1 aromatic rings. The third-order valence-electron chi connectivity index (χ3n) is 7.89. The molecule has 4 aliphatic rings. The Morgan fingerprint density at radius 3 is 2.73 bits per heavy atom. The highest BCUT2D eigenvalue weighted by Gasteiger charge is 2.51. The zero-order valence-electron chi connectivity index (χ0n) is 18.6. The van der Waals surface area contributed by atoms with Crippen molar-refractivity contribution in [2.24, 2.45) is 17.3 Å². The summed E-state index contributed by atoms with van der Waals surface area (Å²) in [5.41, 5.74) is 5.67. The molecule has 0 spiro atoms. The third-order valence-corrected chi connectivity index (χ3v) is 7.89. The highest BCUT2D eigenvalue weighted by atomic mass is 16.6. The standard InChI is InChI=1S/C26H34N2O2/c1-18-6-4-8-20(14-18)28-12-10-27(11-13-28)17-22-21-15-23-19(2)7-5-9-26(23,3)16-24(21)30-25(22)29/h4,6-8,14-15,21-22,24H,5,9-13,16-17H2,1-3H3. The lowest BCUT2D eigenvalue weighted by Gasteiger charge is -2.43. The Morgan fingerprint density at radius 2 is 1.97 bits per heavy atom. The van der Waals surface area contributed by atoms with Crippen molar-refractivity contribution in [2.75, 3.05) is 37.6 Å². The van der Waals surface area contributed by atoms with Crippen LogP contribution in [0.3, 0.4) is 0 Å². The lowest BCUT2D eigenvalue weighted by molar-refractivity contribution is -0.145. The largest absolute Gasteiger partial charge is 0.461 e. The van der Waals surface area contributed by atoms with Crippen LogP contribution in [0, 0.1) is 24.2 Å². The SMILES string of the molecule is CC1=CCCC2(C)CC3OC(=O)C(CN4CCN(c5cccc(C)c5)CC4)C3C=C12. The van der Waals surface area contributed by atoms with Gasteiger partial charge in [-0.25, -0.2) is 0 Å². The zero-order chi connectivity index (χ0) is 20.9. The fourth-order valence-corrected chi connectivity index (χ4v) is 6.13. The molecule has 0 bridgehead atoms. The molecule has 4 unspecified atom stereocenters. The van der Waals surface area contributed by atoms with Crippen LogP contribution in [0.25, 0.3) is 0 Å². The summed E-state index contributed by atoms with van der Waals surface area (Å²) in [5.74, 6) is 0.232. The number of esters is 1. The fourth-order valence-electron chi connectivity index (χ4n) is 6.13. The zero-order valence-corrected chi connectivity index (χ0v) is 18.6. The summed E-state index contributed by atoms with van der Waals surface area (Å²) in [7, 11) is 0. The maximum atomic E-state index is 12.8. The average Bonchev–Trinajstić information content (AvgIpc) is 3.01. The Balaban J connectivity index is 1.27. The molecular formula is C26H34N2O2. The van der Waals surface area contributed by atoms with E-state index in [0.717, 1.165) is 45.6 Å². The first-order valence-corrected chi connectivity index (χ1v) is 11.6. The number of carbonyl (C=O) groups excluding carboxylic acids is 1. The van der Waals surface area contributed by atoms with Crippen molar-refractivity contribution in [1.82, 2.24) is 4.90 Å². The predicted octanol–water partition coefficient (Wildman–Crippen LogP) is 4.35. The molecule has 2 saturated heterocycles. The maximum absolute atomic E-state index is 12.8. The number of rotatable bonds is 3. The van der Waals surface area contributed by atoms with Crippen LogP contribution in [0.1, 0.15) is 38.7 Å². The highest BCUT2D eigenvalue weighted by molar-refractivity contribution is 5.76. The number of benzene rings is 1. The third kappa shape index (κ3) is 3.49. The normalized spacial score (nSPS) is 34.0. The molecule has 4 atom stereocenters. The predicted molar refractivity (Wildman–Crippen MR) is 120 cm³/mol. The number of ether oxygens (including phenoxy) is 1. The smallest absolute Gasteiger partial charge is 0.311 e. The van der Waals surface area contributed by atoms with Gasteiger partial charge in [0.1, 0.15) is 6.10 Å². The summed E-state index contributed by atoms with van der Waals surface area (Å²) < 4.78 is 5.93. The van der Waals surface area contributed by atoms with Crippen molar-refractivity contribution in [2.45, 2.75) is 46.1 Å². The number of anilines is 1. The van der Waals surface area contributed by atoms with E-state index in [1.54, 1.807) is 0 Å². The second-order valence-electron chi connectivity index (χ2n) is 10.1. The minimum absolute atomic E-state index is 0.0202. The van der Waals surface area contributed by atoms with Gasteiger partial charge in [0.05, 0.1) is 5.92 Å². The van der Waals surface area contributed by atoms with E-state index in [9.17, 15) is 4.79 Å². The van der Waals surface area contributed by atoms with E-state index in [1.165, 1.54) is 28.8 Å². The van der Waals surface area contributed by atoms with Crippen LogP contribution in [-0.4, -0.2) is 49.7 Å². The van der Waals surface area contributed by atoms with Crippen molar-refractivity contribution in [3.05, 3.63) is 53.1 Å². The minimum atomic E-state index is -0.0210. The Bertz CT molecular complexity index is 896. The Morgan fingerprint density at radius 1 is 1.17 bits per heavy atom. The second-order valence-corrected chi connectivity index (χ2v) is 10.1. The van der Waals surface area contributed by atoms with Crippen LogP contribution < -0.4 is 4.90 Å². The molecule has 5 rings (SSSR count). The van der Waals surface area contributed by atoms with E-state index in [-0.39, 0.29) is 29.3 Å². The van der Waals surface area contributed by atoms with Gasteiger partial charge in [-0.1, -0.05) is 36.8 Å². The molecule has 1 aromatic carbocycles. The van der Waals surface area contributed by atoms with Gasteiger partial charge in [0.25, 0.3) is 0 Å². The molecule has 2 aliphatic heterocycles. The molecule has 2 fully saturated rings. The molecule has 4 heteroatoms. The molecule has 30 heavy (non-hydrogen) atoms. The molecule has 0 amide bonds. The van der Waals surface area contributed by atoms with Gasteiger partial charge in [0.15, 0.2) is 0 Å². The molecule has 0 aromatic heterocycles. The Kier molecular flexibility index (Phi) is 5.01. The first-order chi connectivity index (χ1) is 14.4. The second kappa shape index (κ2) is 7.56. The number of nitrogens with zero attached hydrogens (tertiary/aromatic N) is 2. The van der Waals surface area contributed by atoms with E-state index in [4.69, 9.17) is 4.74 Å². The summed E-state index contributed by atoms with van der Waals surface area (Å²) in [4.78, 5) is 17.8. The molecular weight excluding hydrogens is 372 g/mol. The molecule has 0 saturated carbocycles. The maximum Gasteiger partial charge on any atom is 0.311 e. The molecule has 4 nitrogen and oxygen atoms in total. The summed E-state index contributed by atoms with van der Waals surface area (Å²) in [6, 6.07) is 8.75. The summed E-state index contributed by atoms with van der Waals surface area (Å²) in [6.07, 6.45) is 8.14. The van der Waals surface area contributed by atoms with Gasteiger partial charge in [-0.05, 0) is 61.8 Å². The number of allylic oxidation sites excluding steroid dienone is 3.